The Morgan fingerprint density at radius 1 is 1.60 bits per heavy atom. The predicted molar refractivity (Wildman–Crippen MR) is 75.1 cm³/mol. The van der Waals surface area contributed by atoms with Crippen LogP contribution in [-0.2, 0) is 14.9 Å². The van der Waals surface area contributed by atoms with Crippen molar-refractivity contribution in [3.05, 3.63) is 37.8 Å². The van der Waals surface area contributed by atoms with Crippen LogP contribution in [0.15, 0.2) is 16.6 Å². The summed E-state index contributed by atoms with van der Waals surface area (Å²) in [4.78, 5) is 22.3. The molecule has 6 nitrogen and oxygen atoms in total. The van der Waals surface area contributed by atoms with Crippen molar-refractivity contribution in [2.75, 3.05) is 6.61 Å². The van der Waals surface area contributed by atoms with Crippen molar-refractivity contribution >= 4 is 27.6 Å². The standard InChI is InChI=1S/C13H13BrN2O4/c1-4-20-12(17)13(3,7-15)9-5-8(2)11(16(18)19)6-10(9)14/h5-6H,4H2,1-3H3. The maximum Gasteiger partial charge on any atom is 0.330 e. The van der Waals surface area contributed by atoms with Crippen LogP contribution in [-0.4, -0.2) is 17.5 Å². The SMILES string of the molecule is CCOC(=O)C(C)(C#N)c1cc(C)c([N+](=O)[O-])cc1Br. The number of nitro benzene ring substituents is 1. The van der Waals surface area contributed by atoms with Gasteiger partial charge in [-0.2, -0.15) is 5.26 Å². The number of rotatable bonds is 4. The molecule has 1 rings (SSSR count). The van der Waals surface area contributed by atoms with Gasteiger partial charge < -0.3 is 4.74 Å². The van der Waals surface area contributed by atoms with Crippen molar-refractivity contribution in [1.29, 1.82) is 5.26 Å². The van der Waals surface area contributed by atoms with E-state index in [0.717, 1.165) is 0 Å². The molecule has 7 heteroatoms. The molecule has 0 radical (unpaired) electrons. The van der Waals surface area contributed by atoms with E-state index in [1.165, 1.54) is 19.1 Å². The Morgan fingerprint density at radius 3 is 2.65 bits per heavy atom. The topological polar surface area (TPSA) is 93.2 Å². The van der Waals surface area contributed by atoms with Gasteiger partial charge in [0.05, 0.1) is 17.6 Å². The molecule has 0 aliphatic carbocycles. The van der Waals surface area contributed by atoms with Crippen LogP contribution < -0.4 is 0 Å². The van der Waals surface area contributed by atoms with Crippen LogP contribution in [0.25, 0.3) is 0 Å². The van der Waals surface area contributed by atoms with Crippen LogP contribution >= 0.6 is 15.9 Å². The fraction of sp³-hybridized carbons (Fsp3) is 0.385. The van der Waals surface area contributed by atoms with E-state index in [9.17, 15) is 20.2 Å². The van der Waals surface area contributed by atoms with Crippen molar-refractivity contribution in [1.82, 2.24) is 0 Å². The molecule has 1 atom stereocenters. The Labute approximate surface area is 124 Å². The van der Waals surface area contributed by atoms with Crippen molar-refractivity contribution < 1.29 is 14.5 Å². The predicted octanol–water partition coefficient (Wildman–Crippen LogP) is 3.01. The lowest BCUT2D eigenvalue weighted by atomic mass is 9.83. The zero-order chi connectivity index (χ0) is 15.5. The second-order valence-electron chi connectivity index (χ2n) is 4.33. The summed E-state index contributed by atoms with van der Waals surface area (Å²) >= 11 is 3.18. The molecular formula is C13H13BrN2O4. The van der Waals surface area contributed by atoms with Gasteiger partial charge >= 0.3 is 5.97 Å². The molecule has 106 valence electrons. The van der Waals surface area contributed by atoms with Crippen molar-refractivity contribution in [2.24, 2.45) is 0 Å². The highest BCUT2D eigenvalue weighted by Gasteiger charge is 2.39. The number of hydrogen-bond acceptors (Lipinski definition) is 5. The molecule has 1 aromatic rings. The zero-order valence-electron chi connectivity index (χ0n) is 11.3. The lowest BCUT2D eigenvalue weighted by Crippen LogP contribution is -2.33. The first-order valence-electron chi connectivity index (χ1n) is 5.81. The Balaban J connectivity index is 3.46. The molecule has 0 N–H and O–H groups in total. The molecule has 0 aliphatic heterocycles. The number of aryl methyl sites for hydroxylation is 1. The fourth-order valence-electron chi connectivity index (χ4n) is 1.74. The van der Waals surface area contributed by atoms with Gasteiger partial charge in [0.1, 0.15) is 0 Å². The third kappa shape index (κ3) is 2.80. The van der Waals surface area contributed by atoms with Gasteiger partial charge in [-0.15, -0.1) is 0 Å². The summed E-state index contributed by atoms with van der Waals surface area (Å²) in [6.45, 7) is 4.78. The number of hydrogen-bond donors (Lipinski definition) is 0. The fourth-order valence-corrected chi connectivity index (χ4v) is 2.47. The summed E-state index contributed by atoms with van der Waals surface area (Å²) in [5, 5.41) is 20.2. The first kappa shape index (κ1) is 16.1. The number of nitriles is 1. The number of halogens is 1. The Kier molecular flexibility index (Phi) is 4.84. The molecule has 0 aromatic heterocycles. The van der Waals surface area contributed by atoms with Crippen molar-refractivity contribution in [3.8, 4) is 6.07 Å². The maximum absolute atomic E-state index is 12.0. The average molecular weight is 341 g/mol. The van der Waals surface area contributed by atoms with Gasteiger partial charge in [0, 0.05) is 16.1 Å². The monoisotopic (exact) mass is 340 g/mol. The quantitative estimate of drug-likeness (QED) is 0.477. The lowest BCUT2D eigenvalue weighted by Gasteiger charge is -2.21. The second kappa shape index (κ2) is 6.01. The largest absolute Gasteiger partial charge is 0.465 e. The molecule has 1 aromatic carbocycles. The Bertz CT molecular complexity index is 609. The van der Waals surface area contributed by atoms with Gasteiger partial charge in [-0.25, -0.2) is 4.79 Å². The van der Waals surface area contributed by atoms with E-state index < -0.39 is 16.3 Å². The summed E-state index contributed by atoms with van der Waals surface area (Å²) in [6.07, 6.45) is 0. The van der Waals surface area contributed by atoms with Gasteiger partial charge in [0.2, 0.25) is 0 Å². The molecule has 0 spiro atoms. The summed E-state index contributed by atoms with van der Waals surface area (Å²) in [5.41, 5.74) is -0.875. The van der Waals surface area contributed by atoms with Gasteiger partial charge in [-0.05, 0) is 32.4 Å². The third-order valence-corrected chi connectivity index (χ3v) is 3.58. The number of carbonyl (C=O) groups is 1. The summed E-state index contributed by atoms with van der Waals surface area (Å²) < 4.78 is 5.23. The lowest BCUT2D eigenvalue weighted by molar-refractivity contribution is -0.385. The van der Waals surface area contributed by atoms with Crippen molar-refractivity contribution in [3.63, 3.8) is 0 Å². The maximum atomic E-state index is 12.0. The highest BCUT2D eigenvalue weighted by Crippen LogP contribution is 2.35. The molecule has 0 fully saturated rings. The van der Waals surface area contributed by atoms with Crippen LogP contribution in [0.5, 0.6) is 0 Å². The summed E-state index contributed by atoms with van der Waals surface area (Å²) in [6, 6.07) is 4.67. The minimum atomic E-state index is -1.52. The number of nitrogens with zero attached hydrogens (tertiary/aromatic N) is 2. The molecule has 0 heterocycles. The number of benzene rings is 1. The van der Waals surface area contributed by atoms with Crippen LogP contribution in [0, 0.1) is 28.4 Å². The highest BCUT2D eigenvalue weighted by atomic mass is 79.9. The normalized spacial score (nSPS) is 13.2. The number of ether oxygens (including phenoxy) is 1. The highest BCUT2D eigenvalue weighted by molar-refractivity contribution is 9.10. The van der Waals surface area contributed by atoms with E-state index in [1.54, 1.807) is 13.8 Å². The summed E-state index contributed by atoms with van der Waals surface area (Å²) in [5.74, 6) is -0.684. The minimum absolute atomic E-state index is 0.0789. The molecule has 0 aliphatic rings. The van der Waals surface area contributed by atoms with Crippen molar-refractivity contribution in [2.45, 2.75) is 26.2 Å². The smallest absolute Gasteiger partial charge is 0.330 e. The molecule has 1 unspecified atom stereocenters. The third-order valence-electron chi connectivity index (χ3n) is 2.93. The first-order chi connectivity index (χ1) is 9.27. The molecule has 20 heavy (non-hydrogen) atoms. The zero-order valence-corrected chi connectivity index (χ0v) is 12.9. The average Bonchev–Trinajstić information content (AvgIpc) is 2.39. The molecule has 0 bridgehead atoms. The van der Waals surface area contributed by atoms with E-state index in [0.29, 0.717) is 15.6 Å². The van der Waals surface area contributed by atoms with Crippen LogP contribution in [0.2, 0.25) is 0 Å². The van der Waals surface area contributed by atoms with E-state index in [4.69, 9.17) is 4.74 Å². The van der Waals surface area contributed by atoms with E-state index in [-0.39, 0.29) is 12.3 Å². The van der Waals surface area contributed by atoms with Gasteiger partial charge in [0.25, 0.3) is 5.69 Å². The second-order valence-corrected chi connectivity index (χ2v) is 5.19. The van der Waals surface area contributed by atoms with Gasteiger partial charge in [0.15, 0.2) is 5.41 Å². The van der Waals surface area contributed by atoms with Crippen LogP contribution in [0.3, 0.4) is 0 Å². The van der Waals surface area contributed by atoms with E-state index in [1.807, 2.05) is 6.07 Å². The van der Waals surface area contributed by atoms with Gasteiger partial charge in [-0.3, -0.25) is 10.1 Å². The molecule has 0 saturated heterocycles. The van der Waals surface area contributed by atoms with Gasteiger partial charge in [-0.1, -0.05) is 15.9 Å². The first-order valence-corrected chi connectivity index (χ1v) is 6.60. The summed E-state index contributed by atoms with van der Waals surface area (Å²) in [7, 11) is 0. The van der Waals surface area contributed by atoms with Crippen LogP contribution in [0.1, 0.15) is 25.0 Å². The number of carbonyl (C=O) groups excluding carboxylic acids is 1. The minimum Gasteiger partial charge on any atom is -0.465 e. The van der Waals surface area contributed by atoms with Crippen LogP contribution in [0.4, 0.5) is 5.69 Å². The van der Waals surface area contributed by atoms with E-state index in [2.05, 4.69) is 15.9 Å². The Morgan fingerprint density at radius 2 is 2.20 bits per heavy atom. The molecular weight excluding hydrogens is 328 g/mol. The number of nitro groups is 1. The Hall–Kier alpha value is -1.94. The molecule has 0 amide bonds. The molecule has 0 saturated carbocycles. The number of esters is 1. The van der Waals surface area contributed by atoms with E-state index >= 15 is 0 Å².